The summed E-state index contributed by atoms with van der Waals surface area (Å²) in [5.74, 6) is 1.08. The van der Waals surface area contributed by atoms with Crippen LogP contribution in [0.4, 0.5) is 0 Å². The highest BCUT2D eigenvalue weighted by Gasteiger charge is 2.28. The Morgan fingerprint density at radius 3 is 2.88 bits per heavy atom. The molecule has 1 saturated carbocycles. The number of hydrogen-bond donors (Lipinski definition) is 1. The number of hydrogen-bond acceptors (Lipinski definition) is 3. The van der Waals surface area contributed by atoms with Crippen LogP contribution in [0, 0.1) is 6.92 Å². The average Bonchev–Trinajstić information content (AvgIpc) is 3.03. The minimum absolute atomic E-state index is 0.620. The molecule has 2 rings (SSSR count). The van der Waals surface area contributed by atoms with E-state index in [0.29, 0.717) is 4.99 Å². The summed E-state index contributed by atoms with van der Waals surface area (Å²) in [6.07, 6.45) is 7.36. The van der Waals surface area contributed by atoms with Crippen molar-refractivity contribution in [3.63, 3.8) is 0 Å². The maximum Gasteiger partial charge on any atom is 0.105 e. The molecule has 0 saturated heterocycles. The normalized spacial score (nSPS) is 15.4. The lowest BCUT2D eigenvalue weighted by atomic mass is 10.3. The molecule has 0 aliphatic heterocycles. The van der Waals surface area contributed by atoms with Crippen LogP contribution in [-0.2, 0) is 6.54 Å². The van der Waals surface area contributed by atoms with E-state index < -0.39 is 0 Å². The minimum Gasteiger partial charge on any atom is -0.393 e. The summed E-state index contributed by atoms with van der Waals surface area (Å²) in [7, 11) is 0. The molecule has 0 radical (unpaired) electrons. The van der Waals surface area contributed by atoms with Crippen molar-refractivity contribution >= 4 is 17.2 Å². The van der Waals surface area contributed by atoms with Crippen LogP contribution in [0.5, 0.6) is 0 Å². The van der Waals surface area contributed by atoms with Gasteiger partial charge in [0.25, 0.3) is 0 Å². The van der Waals surface area contributed by atoms with Gasteiger partial charge in [0, 0.05) is 44.5 Å². The number of thiocarbonyl (C=S) groups is 1. The van der Waals surface area contributed by atoms with E-state index in [0.717, 1.165) is 37.9 Å². The fraction of sp³-hybridized carbons (Fsp3) is 0.667. The smallest absolute Gasteiger partial charge is 0.105 e. The number of aryl methyl sites for hydroxylation is 1. The topological polar surface area (TPSA) is 47.1 Å². The van der Waals surface area contributed by atoms with Crippen molar-refractivity contribution in [3.8, 4) is 0 Å². The number of imidazole rings is 1. The van der Waals surface area contributed by atoms with E-state index in [2.05, 4.69) is 14.5 Å². The van der Waals surface area contributed by atoms with E-state index in [4.69, 9.17) is 18.0 Å². The predicted molar refractivity (Wildman–Crippen MR) is 73.0 cm³/mol. The van der Waals surface area contributed by atoms with Gasteiger partial charge in [0.15, 0.2) is 0 Å². The van der Waals surface area contributed by atoms with E-state index in [9.17, 15) is 0 Å². The first-order valence-electron chi connectivity index (χ1n) is 6.17. The lowest BCUT2D eigenvalue weighted by molar-refractivity contribution is 0.259. The van der Waals surface area contributed by atoms with Crippen molar-refractivity contribution in [2.24, 2.45) is 5.73 Å². The first kappa shape index (κ1) is 12.5. The van der Waals surface area contributed by atoms with Crippen LogP contribution in [0.25, 0.3) is 0 Å². The molecule has 5 heteroatoms. The molecule has 4 nitrogen and oxygen atoms in total. The number of nitrogens with two attached hydrogens (primary N) is 1. The van der Waals surface area contributed by atoms with Crippen LogP contribution in [0.2, 0.25) is 0 Å². The first-order chi connectivity index (χ1) is 8.16. The fourth-order valence-electron chi connectivity index (χ4n) is 2.05. The molecule has 2 N–H and O–H groups in total. The average molecular weight is 252 g/mol. The molecule has 0 bridgehead atoms. The Hall–Kier alpha value is -0.940. The molecule has 0 amide bonds. The Morgan fingerprint density at radius 1 is 1.59 bits per heavy atom. The van der Waals surface area contributed by atoms with Gasteiger partial charge in [0.05, 0.1) is 4.99 Å². The maximum absolute atomic E-state index is 5.57. The Morgan fingerprint density at radius 2 is 2.35 bits per heavy atom. The van der Waals surface area contributed by atoms with Crippen molar-refractivity contribution in [2.75, 3.05) is 13.1 Å². The van der Waals surface area contributed by atoms with Crippen molar-refractivity contribution in [3.05, 3.63) is 18.2 Å². The number of aromatic nitrogens is 2. The van der Waals surface area contributed by atoms with Gasteiger partial charge in [-0.05, 0) is 19.8 Å². The van der Waals surface area contributed by atoms with E-state index in [1.807, 2.05) is 19.3 Å². The van der Waals surface area contributed by atoms with Crippen LogP contribution in [0.1, 0.15) is 25.1 Å². The van der Waals surface area contributed by atoms with Gasteiger partial charge in [0.2, 0.25) is 0 Å². The molecular formula is C12H20N4S. The van der Waals surface area contributed by atoms with Crippen LogP contribution >= 0.6 is 12.2 Å². The highest BCUT2D eigenvalue weighted by atomic mass is 32.1. The summed E-state index contributed by atoms with van der Waals surface area (Å²) >= 11 is 4.94. The molecule has 94 valence electrons. The predicted octanol–water partition coefficient (Wildman–Crippen LogP) is 1.33. The zero-order chi connectivity index (χ0) is 12.3. The highest BCUT2D eigenvalue weighted by molar-refractivity contribution is 7.80. The third-order valence-corrected chi connectivity index (χ3v) is 3.46. The summed E-state index contributed by atoms with van der Waals surface area (Å²) in [4.78, 5) is 7.35. The van der Waals surface area contributed by atoms with Crippen LogP contribution in [0.3, 0.4) is 0 Å². The van der Waals surface area contributed by atoms with Crippen LogP contribution < -0.4 is 5.73 Å². The van der Waals surface area contributed by atoms with Crippen molar-refractivity contribution in [1.29, 1.82) is 0 Å². The Kier molecular flexibility index (Phi) is 4.12. The van der Waals surface area contributed by atoms with E-state index in [1.165, 1.54) is 12.8 Å². The van der Waals surface area contributed by atoms with Crippen molar-refractivity contribution in [2.45, 2.75) is 38.8 Å². The van der Waals surface area contributed by atoms with Crippen molar-refractivity contribution in [1.82, 2.24) is 14.5 Å². The van der Waals surface area contributed by atoms with Gasteiger partial charge < -0.3 is 10.3 Å². The molecule has 0 atom stereocenters. The molecule has 0 aromatic carbocycles. The van der Waals surface area contributed by atoms with Gasteiger partial charge in [-0.15, -0.1) is 0 Å². The standard InChI is InChI=1S/C12H20N4S/c1-10-14-5-7-15(10)8-9-16(11-2-3-11)6-4-12(13)17/h5,7,11H,2-4,6,8-9H2,1H3,(H2,13,17). The Bertz CT molecular complexity index is 384. The molecule has 1 aliphatic rings. The summed E-state index contributed by atoms with van der Waals surface area (Å²) in [5, 5.41) is 0. The fourth-order valence-corrected chi connectivity index (χ4v) is 2.14. The molecule has 1 aliphatic carbocycles. The molecule has 0 unspecified atom stereocenters. The lowest BCUT2D eigenvalue weighted by Crippen LogP contribution is -2.32. The first-order valence-corrected chi connectivity index (χ1v) is 6.57. The Balaban J connectivity index is 1.81. The molecule has 1 heterocycles. The molecule has 17 heavy (non-hydrogen) atoms. The second kappa shape index (κ2) is 5.60. The van der Waals surface area contributed by atoms with Gasteiger partial charge in [-0.25, -0.2) is 4.98 Å². The van der Waals surface area contributed by atoms with E-state index in [-0.39, 0.29) is 0 Å². The molecule has 1 fully saturated rings. The summed E-state index contributed by atoms with van der Waals surface area (Å²) in [6.45, 7) is 5.09. The summed E-state index contributed by atoms with van der Waals surface area (Å²) < 4.78 is 2.19. The minimum atomic E-state index is 0.620. The number of rotatable bonds is 7. The van der Waals surface area contributed by atoms with Crippen LogP contribution in [-0.4, -0.2) is 38.6 Å². The van der Waals surface area contributed by atoms with Crippen molar-refractivity contribution < 1.29 is 0 Å². The quantitative estimate of drug-likeness (QED) is 0.744. The SMILES string of the molecule is Cc1nccn1CCN(CCC(N)=S)C1CC1. The number of nitrogens with zero attached hydrogens (tertiary/aromatic N) is 3. The zero-order valence-corrected chi connectivity index (χ0v) is 11.1. The molecule has 0 spiro atoms. The van der Waals surface area contributed by atoms with Gasteiger partial charge in [-0.3, -0.25) is 4.90 Å². The second-order valence-corrected chi connectivity index (χ2v) is 5.18. The molecular weight excluding hydrogens is 232 g/mol. The van der Waals surface area contributed by atoms with Gasteiger partial charge in [-0.2, -0.15) is 0 Å². The van der Waals surface area contributed by atoms with E-state index >= 15 is 0 Å². The third-order valence-electron chi connectivity index (χ3n) is 3.26. The van der Waals surface area contributed by atoms with E-state index in [1.54, 1.807) is 0 Å². The largest absolute Gasteiger partial charge is 0.393 e. The summed E-state index contributed by atoms with van der Waals surface area (Å²) in [5.41, 5.74) is 5.57. The van der Waals surface area contributed by atoms with Crippen LogP contribution in [0.15, 0.2) is 12.4 Å². The third kappa shape index (κ3) is 3.78. The van der Waals surface area contributed by atoms with Gasteiger partial charge in [-0.1, -0.05) is 12.2 Å². The monoisotopic (exact) mass is 252 g/mol. The van der Waals surface area contributed by atoms with Gasteiger partial charge >= 0.3 is 0 Å². The summed E-state index contributed by atoms with van der Waals surface area (Å²) in [6, 6.07) is 0.758. The molecule has 1 aromatic heterocycles. The highest BCUT2D eigenvalue weighted by Crippen LogP contribution is 2.26. The second-order valence-electron chi connectivity index (χ2n) is 4.65. The Labute approximate surface area is 108 Å². The lowest BCUT2D eigenvalue weighted by Gasteiger charge is -2.22. The molecule has 1 aromatic rings. The van der Waals surface area contributed by atoms with Gasteiger partial charge in [0.1, 0.15) is 5.82 Å². The maximum atomic E-state index is 5.57. The zero-order valence-electron chi connectivity index (χ0n) is 10.3.